The zero-order valence-electron chi connectivity index (χ0n) is 10.4. The van der Waals surface area contributed by atoms with Gasteiger partial charge in [-0.25, -0.2) is 0 Å². The minimum absolute atomic E-state index is 0.0883. The van der Waals surface area contributed by atoms with E-state index in [4.69, 9.17) is 9.47 Å². The highest BCUT2D eigenvalue weighted by Crippen LogP contribution is 2.45. The Morgan fingerprint density at radius 1 is 1.29 bits per heavy atom. The number of para-hydroxylation sites is 1. The van der Waals surface area contributed by atoms with Gasteiger partial charge >= 0.3 is 5.97 Å². The summed E-state index contributed by atoms with van der Waals surface area (Å²) in [4.78, 5) is 11.9. The smallest absolute Gasteiger partial charge is 0.312 e. The van der Waals surface area contributed by atoms with Gasteiger partial charge in [0.2, 0.25) is 0 Å². The Hall–Kier alpha value is -1.51. The number of ether oxygens (including phenoxy) is 2. The van der Waals surface area contributed by atoms with Crippen LogP contribution in [-0.4, -0.2) is 20.2 Å². The van der Waals surface area contributed by atoms with Gasteiger partial charge in [-0.15, -0.1) is 0 Å². The third kappa shape index (κ3) is 2.14. The van der Waals surface area contributed by atoms with Gasteiger partial charge in [0.25, 0.3) is 0 Å². The first-order valence-electron chi connectivity index (χ1n) is 5.92. The Balaban J connectivity index is 2.21. The summed E-state index contributed by atoms with van der Waals surface area (Å²) in [7, 11) is 3.12. The Morgan fingerprint density at radius 3 is 2.53 bits per heavy atom. The van der Waals surface area contributed by atoms with Crippen molar-refractivity contribution in [3.05, 3.63) is 29.8 Å². The molecular weight excluding hydrogens is 216 g/mol. The number of carbonyl (C=O) groups excluding carboxylic acids is 1. The summed E-state index contributed by atoms with van der Waals surface area (Å²) in [5.74, 6) is 0.761. The van der Waals surface area contributed by atoms with Crippen LogP contribution in [-0.2, 0) is 16.0 Å². The molecule has 1 fully saturated rings. The maximum absolute atomic E-state index is 11.9. The molecule has 0 atom stereocenters. The lowest BCUT2D eigenvalue weighted by molar-refractivity contribution is -0.158. The molecule has 0 aromatic heterocycles. The van der Waals surface area contributed by atoms with Crippen molar-refractivity contribution in [2.24, 2.45) is 5.41 Å². The number of esters is 1. The lowest BCUT2D eigenvalue weighted by atomic mass is 9.65. The van der Waals surface area contributed by atoms with Gasteiger partial charge < -0.3 is 9.47 Å². The first kappa shape index (κ1) is 12.0. The van der Waals surface area contributed by atoms with E-state index in [0.717, 1.165) is 30.6 Å². The molecule has 17 heavy (non-hydrogen) atoms. The zero-order chi connectivity index (χ0) is 12.3. The van der Waals surface area contributed by atoms with Gasteiger partial charge in [-0.1, -0.05) is 24.6 Å². The lowest BCUT2D eigenvalue weighted by Crippen LogP contribution is -2.40. The van der Waals surface area contributed by atoms with E-state index in [1.54, 1.807) is 7.11 Å². The molecule has 0 heterocycles. The van der Waals surface area contributed by atoms with Crippen LogP contribution in [0, 0.1) is 5.41 Å². The van der Waals surface area contributed by atoms with E-state index < -0.39 is 0 Å². The first-order valence-corrected chi connectivity index (χ1v) is 5.92. The van der Waals surface area contributed by atoms with E-state index in [1.807, 2.05) is 24.3 Å². The molecule has 0 aliphatic heterocycles. The van der Waals surface area contributed by atoms with Gasteiger partial charge in [0.15, 0.2) is 0 Å². The summed E-state index contributed by atoms with van der Waals surface area (Å²) in [5, 5.41) is 0. The van der Waals surface area contributed by atoms with Crippen LogP contribution in [0.25, 0.3) is 0 Å². The second-order valence-electron chi connectivity index (χ2n) is 4.61. The zero-order valence-corrected chi connectivity index (χ0v) is 10.4. The number of benzene rings is 1. The number of hydrogen-bond donors (Lipinski definition) is 0. The van der Waals surface area contributed by atoms with Crippen molar-refractivity contribution in [2.45, 2.75) is 25.7 Å². The average Bonchev–Trinajstić information content (AvgIpc) is 2.33. The van der Waals surface area contributed by atoms with Crippen LogP contribution < -0.4 is 4.74 Å². The minimum atomic E-state index is -0.316. The van der Waals surface area contributed by atoms with Gasteiger partial charge in [-0.3, -0.25) is 4.79 Å². The molecule has 0 amide bonds. The largest absolute Gasteiger partial charge is 0.496 e. The summed E-state index contributed by atoms with van der Waals surface area (Å²) in [6.45, 7) is 0. The predicted molar refractivity (Wildman–Crippen MR) is 65.0 cm³/mol. The highest BCUT2D eigenvalue weighted by molar-refractivity contribution is 5.78. The molecule has 3 nitrogen and oxygen atoms in total. The van der Waals surface area contributed by atoms with Crippen molar-refractivity contribution >= 4 is 5.97 Å². The second kappa shape index (κ2) is 4.78. The van der Waals surface area contributed by atoms with Crippen LogP contribution >= 0.6 is 0 Å². The summed E-state index contributed by atoms with van der Waals surface area (Å²) in [6, 6.07) is 7.86. The highest BCUT2D eigenvalue weighted by Gasteiger charge is 2.45. The van der Waals surface area contributed by atoms with Crippen molar-refractivity contribution in [1.29, 1.82) is 0 Å². The molecule has 2 rings (SSSR count). The summed E-state index contributed by atoms with van der Waals surface area (Å²) < 4.78 is 10.2. The van der Waals surface area contributed by atoms with Crippen molar-refractivity contribution < 1.29 is 14.3 Å². The summed E-state index contributed by atoms with van der Waals surface area (Å²) in [6.07, 6.45) is 3.64. The molecule has 0 spiro atoms. The number of hydrogen-bond acceptors (Lipinski definition) is 3. The topological polar surface area (TPSA) is 35.5 Å². The predicted octanol–water partition coefficient (Wildman–Crippen LogP) is 2.58. The van der Waals surface area contributed by atoms with Crippen LogP contribution in [0.15, 0.2) is 24.3 Å². The molecule has 0 saturated heterocycles. The first-order chi connectivity index (χ1) is 8.22. The summed E-state index contributed by atoms with van der Waals surface area (Å²) in [5.41, 5.74) is 0.767. The van der Waals surface area contributed by atoms with Crippen molar-refractivity contribution in [3.8, 4) is 5.75 Å². The number of methoxy groups -OCH3 is 2. The molecule has 1 aliphatic rings. The molecule has 92 valence electrons. The fourth-order valence-electron chi connectivity index (χ4n) is 2.49. The van der Waals surface area contributed by atoms with E-state index in [9.17, 15) is 4.79 Å². The highest BCUT2D eigenvalue weighted by atomic mass is 16.5. The lowest BCUT2D eigenvalue weighted by Gasteiger charge is -2.39. The number of carbonyl (C=O) groups is 1. The van der Waals surface area contributed by atoms with Crippen molar-refractivity contribution in [2.75, 3.05) is 14.2 Å². The fourth-order valence-corrected chi connectivity index (χ4v) is 2.49. The molecule has 1 saturated carbocycles. The Bertz CT molecular complexity index is 408. The monoisotopic (exact) mass is 234 g/mol. The second-order valence-corrected chi connectivity index (χ2v) is 4.61. The molecule has 1 aromatic rings. The van der Waals surface area contributed by atoms with E-state index in [2.05, 4.69) is 0 Å². The minimum Gasteiger partial charge on any atom is -0.496 e. The maximum atomic E-state index is 11.9. The van der Waals surface area contributed by atoms with Gasteiger partial charge in [-0.05, 0) is 30.9 Å². The average molecular weight is 234 g/mol. The molecular formula is C14H18O3. The fraction of sp³-hybridized carbons (Fsp3) is 0.500. The van der Waals surface area contributed by atoms with Crippen LogP contribution in [0.5, 0.6) is 5.75 Å². The summed E-state index contributed by atoms with van der Waals surface area (Å²) >= 11 is 0. The molecule has 1 aromatic carbocycles. The molecule has 0 unspecified atom stereocenters. The quantitative estimate of drug-likeness (QED) is 0.751. The normalized spacial score (nSPS) is 17.1. The van der Waals surface area contributed by atoms with Crippen LogP contribution in [0.1, 0.15) is 24.8 Å². The van der Waals surface area contributed by atoms with E-state index >= 15 is 0 Å². The SMILES string of the molecule is COC(=O)C1(Cc2ccccc2OC)CCC1. The molecule has 0 N–H and O–H groups in total. The maximum Gasteiger partial charge on any atom is 0.312 e. The van der Waals surface area contributed by atoms with Gasteiger partial charge in [0, 0.05) is 0 Å². The van der Waals surface area contributed by atoms with Crippen molar-refractivity contribution in [1.82, 2.24) is 0 Å². The Kier molecular flexibility index (Phi) is 3.36. The van der Waals surface area contributed by atoms with E-state index in [1.165, 1.54) is 7.11 Å². The molecule has 0 bridgehead atoms. The van der Waals surface area contributed by atoms with Gasteiger partial charge in [0.1, 0.15) is 5.75 Å². The third-order valence-corrected chi connectivity index (χ3v) is 3.65. The molecule has 0 radical (unpaired) electrons. The van der Waals surface area contributed by atoms with Crippen molar-refractivity contribution in [3.63, 3.8) is 0 Å². The van der Waals surface area contributed by atoms with Gasteiger partial charge in [0.05, 0.1) is 19.6 Å². The van der Waals surface area contributed by atoms with Crippen LogP contribution in [0.3, 0.4) is 0 Å². The Morgan fingerprint density at radius 2 is 2.00 bits per heavy atom. The molecule has 1 aliphatic carbocycles. The third-order valence-electron chi connectivity index (χ3n) is 3.65. The van der Waals surface area contributed by atoms with E-state index in [-0.39, 0.29) is 11.4 Å². The van der Waals surface area contributed by atoms with E-state index in [0.29, 0.717) is 6.42 Å². The Labute approximate surface area is 102 Å². The van der Waals surface area contributed by atoms with Gasteiger partial charge in [-0.2, -0.15) is 0 Å². The van der Waals surface area contributed by atoms with Crippen LogP contribution in [0.4, 0.5) is 0 Å². The standard InChI is InChI=1S/C14H18O3/c1-16-12-7-4-3-6-11(12)10-14(8-5-9-14)13(15)17-2/h3-4,6-7H,5,8-10H2,1-2H3. The molecule has 3 heteroatoms. The number of rotatable bonds is 4. The van der Waals surface area contributed by atoms with Crippen LogP contribution in [0.2, 0.25) is 0 Å².